The molecule has 7 heteroatoms. The average molecular weight is 573 g/mol. The number of para-hydroxylation sites is 1. The van der Waals surface area contributed by atoms with E-state index in [-0.39, 0.29) is 16.8 Å². The van der Waals surface area contributed by atoms with Gasteiger partial charge in [-0.1, -0.05) is 63.9 Å². The lowest BCUT2D eigenvalue weighted by Crippen LogP contribution is -2.29. The van der Waals surface area contributed by atoms with Gasteiger partial charge in [0.1, 0.15) is 17.1 Å². The van der Waals surface area contributed by atoms with E-state index >= 15 is 0 Å². The van der Waals surface area contributed by atoms with Crippen molar-refractivity contribution < 1.29 is 13.9 Å². The van der Waals surface area contributed by atoms with Gasteiger partial charge < -0.3 is 9.15 Å². The first-order valence-electron chi connectivity index (χ1n) is 11.6. The van der Waals surface area contributed by atoms with Crippen LogP contribution in [0.25, 0.3) is 11.0 Å². The van der Waals surface area contributed by atoms with E-state index in [0.29, 0.717) is 38.7 Å². The zero-order chi connectivity index (χ0) is 25.7. The van der Waals surface area contributed by atoms with Gasteiger partial charge in [-0.3, -0.25) is 14.5 Å². The van der Waals surface area contributed by atoms with Gasteiger partial charge in [-0.25, -0.2) is 0 Å². The summed E-state index contributed by atoms with van der Waals surface area (Å²) in [4.78, 5) is 29.3. The molecule has 2 heterocycles. The van der Waals surface area contributed by atoms with Crippen LogP contribution >= 0.6 is 27.5 Å². The van der Waals surface area contributed by atoms with Crippen molar-refractivity contribution in [1.82, 2.24) is 0 Å². The largest absolute Gasteiger partial charge is 0.457 e. The van der Waals surface area contributed by atoms with Crippen LogP contribution in [0.1, 0.15) is 33.3 Å². The standard InChI is InChI=1S/C30H19BrClNO4/c1-17-10-12-20(16-24(17)32)33-27(18-6-5-9-22(14-18)36-21-7-3-2-4-8-21)26-28(34)23-15-19(31)11-13-25(23)37-29(26)30(33)35/h2-16,27H,1H3. The van der Waals surface area contributed by atoms with E-state index in [4.69, 9.17) is 20.8 Å². The Hall–Kier alpha value is -3.87. The maximum Gasteiger partial charge on any atom is 0.295 e. The maximum absolute atomic E-state index is 13.9. The van der Waals surface area contributed by atoms with E-state index in [2.05, 4.69) is 15.9 Å². The van der Waals surface area contributed by atoms with Crippen molar-refractivity contribution >= 4 is 50.1 Å². The number of hydrogen-bond acceptors (Lipinski definition) is 4. The summed E-state index contributed by atoms with van der Waals surface area (Å²) in [6.45, 7) is 1.89. The highest BCUT2D eigenvalue weighted by molar-refractivity contribution is 9.10. The van der Waals surface area contributed by atoms with Crippen LogP contribution in [0.15, 0.2) is 105 Å². The molecule has 6 rings (SSSR count). The van der Waals surface area contributed by atoms with Gasteiger partial charge in [0.25, 0.3) is 5.91 Å². The normalized spacial score (nSPS) is 14.7. The molecule has 1 aliphatic rings. The predicted molar refractivity (Wildman–Crippen MR) is 148 cm³/mol. The summed E-state index contributed by atoms with van der Waals surface area (Å²) in [5.41, 5.74) is 2.53. The van der Waals surface area contributed by atoms with Gasteiger partial charge in [0, 0.05) is 15.2 Å². The molecule has 0 radical (unpaired) electrons. The number of carbonyl (C=O) groups is 1. The molecule has 0 saturated heterocycles. The lowest BCUT2D eigenvalue weighted by molar-refractivity contribution is 0.0971. The zero-order valence-corrected chi connectivity index (χ0v) is 21.9. The minimum atomic E-state index is -0.736. The van der Waals surface area contributed by atoms with Crippen LogP contribution in [-0.2, 0) is 0 Å². The molecule has 5 aromatic rings. The van der Waals surface area contributed by atoms with Gasteiger partial charge in [0.15, 0.2) is 5.43 Å². The van der Waals surface area contributed by atoms with E-state index < -0.39 is 11.9 Å². The van der Waals surface area contributed by atoms with E-state index in [1.165, 1.54) is 0 Å². The Kier molecular flexibility index (Phi) is 5.86. The molecule has 0 spiro atoms. The second-order valence-electron chi connectivity index (χ2n) is 8.81. The molecule has 0 aliphatic carbocycles. The second kappa shape index (κ2) is 9.21. The highest BCUT2D eigenvalue weighted by atomic mass is 79.9. The molecule has 1 aliphatic heterocycles. The number of amides is 1. The fourth-order valence-corrected chi connectivity index (χ4v) is 5.17. The molecule has 1 amide bonds. The van der Waals surface area contributed by atoms with Crippen molar-refractivity contribution in [2.45, 2.75) is 13.0 Å². The number of rotatable bonds is 4. The number of carbonyl (C=O) groups excluding carboxylic acids is 1. The van der Waals surface area contributed by atoms with Gasteiger partial charge in [-0.15, -0.1) is 0 Å². The molecule has 0 saturated carbocycles. The van der Waals surface area contributed by atoms with Gasteiger partial charge in [0.2, 0.25) is 5.76 Å². The summed E-state index contributed by atoms with van der Waals surface area (Å²) in [5, 5.41) is 0.918. The summed E-state index contributed by atoms with van der Waals surface area (Å²) in [6, 6.07) is 26.7. The Balaban J connectivity index is 1.57. The van der Waals surface area contributed by atoms with Crippen LogP contribution in [0.4, 0.5) is 5.69 Å². The molecule has 0 bridgehead atoms. The van der Waals surface area contributed by atoms with Crippen molar-refractivity contribution in [3.8, 4) is 11.5 Å². The second-order valence-corrected chi connectivity index (χ2v) is 10.1. The molecule has 1 unspecified atom stereocenters. The summed E-state index contributed by atoms with van der Waals surface area (Å²) in [5.74, 6) is 0.881. The van der Waals surface area contributed by atoms with Gasteiger partial charge in [0.05, 0.1) is 17.0 Å². The Labute approximate surface area is 226 Å². The summed E-state index contributed by atoms with van der Waals surface area (Å²) in [6.07, 6.45) is 0. The number of hydrogen-bond donors (Lipinski definition) is 0. The average Bonchev–Trinajstić information content (AvgIpc) is 3.19. The van der Waals surface area contributed by atoms with Crippen molar-refractivity contribution in [2.75, 3.05) is 4.90 Å². The minimum Gasteiger partial charge on any atom is -0.457 e. The number of halogens is 2. The Bertz CT molecular complexity index is 1750. The third kappa shape index (κ3) is 4.12. The predicted octanol–water partition coefficient (Wildman–Crippen LogP) is 8.06. The van der Waals surface area contributed by atoms with E-state index in [9.17, 15) is 9.59 Å². The minimum absolute atomic E-state index is 0.0240. The maximum atomic E-state index is 13.9. The Morgan fingerprint density at radius 3 is 2.46 bits per heavy atom. The molecule has 5 nitrogen and oxygen atoms in total. The SMILES string of the molecule is Cc1ccc(N2C(=O)c3oc4ccc(Br)cc4c(=O)c3C2c2cccc(Oc3ccccc3)c2)cc1Cl. The number of fused-ring (bicyclic) bond motifs is 2. The molecular formula is C30H19BrClNO4. The summed E-state index contributed by atoms with van der Waals surface area (Å²) < 4.78 is 12.9. The lowest BCUT2D eigenvalue weighted by atomic mass is 9.98. The Morgan fingerprint density at radius 1 is 0.892 bits per heavy atom. The number of nitrogens with zero attached hydrogens (tertiary/aromatic N) is 1. The third-order valence-electron chi connectivity index (χ3n) is 6.42. The topological polar surface area (TPSA) is 59.8 Å². The third-order valence-corrected chi connectivity index (χ3v) is 7.32. The molecule has 1 atom stereocenters. The molecule has 37 heavy (non-hydrogen) atoms. The lowest BCUT2D eigenvalue weighted by Gasteiger charge is -2.26. The van der Waals surface area contributed by atoms with Crippen molar-refractivity contribution in [3.63, 3.8) is 0 Å². The summed E-state index contributed by atoms with van der Waals surface area (Å²) >= 11 is 9.88. The summed E-state index contributed by atoms with van der Waals surface area (Å²) in [7, 11) is 0. The van der Waals surface area contributed by atoms with E-state index in [1.807, 2.05) is 73.7 Å². The Morgan fingerprint density at radius 2 is 1.68 bits per heavy atom. The fraction of sp³-hybridized carbons (Fsp3) is 0.0667. The van der Waals surface area contributed by atoms with Crippen LogP contribution in [0.3, 0.4) is 0 Å². The van der Waals surface area contributed by atoms with Crippen LogP contribution in [-0.4, -0.2) is 5.91 Å². The van der Waals surface area contributed by atoms with E-state index in [0.717, 1.165) is 10.0 Å². The molecule has 0 fully saturated rings. The number of benzene rings is 4. The number of ether oxygens (including phenoxy) is 1. The van der Waals surface area contributed by atoms with Crippen LogP contribution in [0.5, 0.6) is 11.5 Å². The van der Waals surface area contributed by atoms with Crippen molar-refractivity contribution in [2.24, 2.45) is 0 Å². The van der Waals surface area contributed by atoms with Gasteiger partial charge in [-0.2, -0.15) is 0 Å². The van der Waals surface area contributed by atoms with Crippen molar-refractivity contribution in [3.05, 3.63) is 133 Å². The fourth-order valence-electron chi connectivity index (χ4n) is 4.63. The zero-order valence-electron chi connectivity index (χ0n) is 19.6. The van der Waals surface area contributed by atoms with Crippen LogP contribution in [0, 0.1) is 6.92 Å². The quantitative estimate of drug-likeness (QED) is 0.219. The van der Waals surface area contributed by atoms with Crippen LogP contribution < -0.4 is 15.1 Å². The molecule has 182 valence electrons. The molecule has 0 N–H and O–H groups in total. The molecular weight excluding hydrogens is 554 g/mol. The monoisotopic (exact) mass is 571 g/mol. The smallest absolute Gasteiger partial charge is 0.295 e. The first kappa shape index (κ1) is 23.5. The molecule has 1 aromatic heterocycles. The van der Waals surface area contributed by atoms with Crippen LogP contribution in [0.2, 0.25) is 5.02 Å². The number of aryl methyl sites for hydroxylation is 1. The van der Waals surface area contributed by atoms with Crippen molar-refractivity contribution in [1.29, 1.82) is 0 Å². The highest BCUT2D eigenvalue weighted by Gasteiger charge is 2.44. The van der Waals surface area contributed by atoms with E-state index in [1.54, 1.807) is 29.2 Å². The first-order chi connectivity index (χ1) is 17.9. The van der Waals surface area contributed by atoms with Gasteiger partial charge in [-0.05, 0) is 72.6 Å². The number of anilines is 1. The highest BCUT2D eigenvalue weighted by Crippen LogP contribution is 2.43. The molecule has 4 aromatic carbocycles. The van der Waals surface area contributed by atoms with Gasteiger partial charge >= 0.3 is 0 Å². The first-order valence-corrected chi connectivity index (χ1v) is 12.8.